The maximum atomic E-state index is 15.4. The van der Waals surface area contributed by atoms with Gasteiger partial charge in [-0.3, -0.25) is 9.59 Å². The highest BCUT2D eigenvalue weighted by atomic mass is 19.1. The van der Waals surface area contributed by atoms with E-state index in [2.05, 4.69) is 0 Å². The molecule has 0 spiro atoms. The van der Waals surface area contributed by atoms with Crippen LogP contribution >= 0.6 is 0 Å². The Kier molecular flexibility index (Phi) is 5.37. The Morgan fingerprint density at radius 1 is 1.16 bits per heavy atom. The maximum absolute atomic E-state index is 15.4. The molecule has 0 bridgehead atoms. The summed E-state index contributed by atoms with van der Waals surface area (Å²) in [6, 6.07) is 7.70. The van der Waals surface area contributed by atoms with Crippen LogP contribution in [-0.4, -0.2) is 66.7 Å². The zero-order valence-corrected chi connectivity index (χ0v) is 14.7. The minimum atomic E-state index is -1.98. The van der Waals surface area contributed by atoms with E-state index < -0.39 is 11.6 Å². The van der Waals surface area contributed by atoms with Gasteiger partial charge in [-0.15, -0.1) is 0 Å². The van der Waals surface area contributed by atoms with E-state index in [4.69, 9.17) is 4.74 Å². The lowest BCUT2D eigenvalue weighted by Crippen LogP contribution is -2.58. The number of aryl methyl sites for hydroxylation is 1. The molecule has 2 heterocycles. The molecule has 1 aromatic rings. The fraction of sp³-hybridized carbons (Fsp3) is 0.579. The average Bonchev–Trinajstić information content (AvgIpc) is 2.63. The van der Waals surface area contributed by atoms with Gasteiger partial charge in [0.2, 0.25) is 11.6 Å². The zero-order chi connectivity index (χ0) is 17.9. The summed E-state index contributed by atoms with van der Waals surface area (Å²) in [7, 11) is 0. The minimum Gasteiger partial charge on any atom is -0.378 e. The van der Waals surface area contributed by atoms with Gasteiger partial charge in [0.05, 0.1) is 26.2 Å². The second-order valence-electron chi connectivity index (χ2n) is 6.89. The van der Waals surface area contributed by atoms with Crippen LogP contribution in [0, 0.1) is 6.92 Å². The molecule has 0 aliphatic carbocycles. The number of benzene rings is 1. The number of morpholine rings is 1. The Hall–Kier alpha value is -1.95. The zero-order valence-electron chi connectivity index (χ0n) is 14.7. The first-order valence-electron chi connectivity index (χ1n) is 8.88. The highest BCUT2D eigenvalue weighted by Crippen LogP contribution is 2.28. The molecule has 2 amide bonds. The topological polar surface area (TPSA) is 49.9 Å². The smallest absolute Gasteiger partial charge is 0.262 e. The third kappa shape index (κ3) is 4.00. The maximum Gasteiger partial charge on any atom is 0.262 e. The molecule has 2 aliphatic rings. The summed E-state index contributed by atoms with van der Waals surface area (Å²) < 4.78 is 20.6. The largest absolute Gasteiger partial charge is 0.378 e. The Morgan fingerprint density at radius 3 is 2.60 bits per heavy atom. The molecule has 3 rings (SSSR count). The van der Waals surface area contributed by atoms with Crippen LogP contribution in [0.3, 0.4) is 0 Å². The van der Waals surface area contributed by atoms with Gasteiger partial charge >= 0.3 is 0 Å². The van der Waals surface area contributed by atoms with Crippen molar-refractivity contribution in [2.24, 2.45) is 0 Å². The molecular formula is C19H25FN2O3. The first kappa shape index (κ1) is 17.9. The van der Waals surface area contributed by atoms with Gasteiger partial charge in [0.15, 0.2) is 0 Å². The van der Waals surface area contributed by atoms with E-state index >= 15 is 4.39 Å². The molecule has 2 saturated heterocycles. The Morgan fingerprint density at radius 2 is 1.88 bits per heavy atom. The van der Waals surface area contributed by atoms with Gasteiger partial charge in [-0.05, 0) is 30.9 Å². The van der Waals surface area contributed by atoms with Gasteiger partial charge in [-0.2, -0.15) is 0 Å². The monoisotopic (exact) mass is 348 g/mol. The molecule has 136 valence electrons. The Bertz CT molecular complexity index is 645. The summed E-state index contributed by atoms with van der Waals surface area (Å²) in [5, 5.41) is 0. The molecule has 25 heavy (non-hydrogen) atoms. The summed E-state index contributed by atoms with van der Waals surface area (Å²) >= 11 is 0. The van der Waals surface area contributed by atoms with Gasteiger partial charge < -0.3 is 14.5 Å². The number of piperidine rings is 1. The molecule has 2 aliphatic heterocycles. The van der Waals surface area contributed by atoms with Gasteiger partial charge in [0.1, 0.15) is 0 Å². The summed E-state index contributed by atoms with van der Waals surface area (Å²) in [4.78, 5) is 28.3. The van der Waals surface area contributed by atoms with Crippen molar-refractivity contribution in [2.75, 3.05) is 39.4 Å². The number of alkyl halides is 1. The van der Waals surface area contributed by atoms with Crippen LogP contribution in [0.25, 0.3) is 0 Å². The van der Waals surface area contributed by atoms with E-state index in [0.717, 1.165) is 11.1 Å². The SMILES string of the molecule is Cc1ccccc1CC(=O)N1CCCC(F)(C(=O)N2CCOCC2)C1. The number of rotatable bonds is 3. The highest BCUT2D eigenvalue weighted by Gasteiger charge is 2.46. The molecule has 0 N–H and O–H groups in total. The van der Waals surface area contributed by atoms with Crippen LogP contribution in [0.2, 0.25) is 0 Å². The summed E-state index contributed by atoms with van der Waals surface area (Å²) in [5.74, 6) is -0.616. The van der Waals surface area contributed by atoms with Crippen LogP contribution in [-0.2, 0) is 20.7 Å². The number of carbonyl (C=O) groups excluding carboxylic acids is 2. The third-order valence-corrected chi connectivity index (χ3v) is 5.08. The second kappa shape index (κ2) is 7.52. The molecule has 0 saturated carbocycles. The van der Waals surface area contributed by atoms with Gasteiger partial charge in [-0.25, -0.2) is 4.39 Å². The van der Waals surface area contributed by atoms with Crippen molar-refractivity contribution in [3.8, 4) is 0 Å². The van der Waals surface area contributed by atoms with Crippen molar-refractivity contribution in [3.63, 3.8) is 0 Å². The third-order valence-electron chi connectivity index (χ3n) is 5.08. The Balaban J connectivity index is 1.66. The fourth-order valence-electron chi connectivity index (χ4n) is 3.53. The minimum absolute atomic E-state index is 0.120. The number of carbonyl (C=O) groups is 2. The van der Waals surface area contributed by atoms with Crippen molar-refractivity contribution in [2.45, 2.75) is 31.9 Å². The average molecular weight is 348 g/mol. The molecule has 0 radical (unpaired) electrons. The number of hydrogen-bond donors (Lipinski definition) is 0. The Labute approximate surface area is 147 Å². The molecule has 5 nitrogen and oxygen atoms in total. The number of likely N-dealkylation sites (tertiary alicyclic amines) is 1. The molecular weight excluding hydrogens is 323 g/mol. The summed E-state index contributed by atoms with van der Waals surface area (Å²) in [5.41, 5.74) is 0.0163. The number of halogens is 1. The number of hydrogen-bond acceptors (Lipinski definition) is 3. The predicted octanol–water partition coefficient (Wildman–Crippen LogP) is 1.73. The number of ether oxygens (including phenoxy) is 1. The second-order valence-corrected chi connectivity index (χ2v) is 6.89. The van der Waals surface area contributed by atoms with E-state index in [-0.39, 0.29) is 25.3 Å². The van der Waals surface area contributed by atoms with Crippen molar-refractivity contribution in [1.29, 1.82) is 0 Å². The van der Waals surface area contributed by atoms with Gasteiger partial charge in [0.25, 0.3) is 5.91 Å². The summed E-state index contributed by atoms with van der Waals surface area (Å²) in [6.45, 7) is 4.04. The lowest BCUT2D eigenvalue weighted by molar-refractivity contribution is -0.154. The fourth-order valence-corrected chi connectivity index (χ4v) is 3.53. The number of amides is 2. The lowest BCUT2D eigenvalue weighted by Gasteiger charge is -2.40. The first-order chi connectivity index (χ1) is 12.0. The molecule has 1 aromatic carbocycles. The van der Waals surface area contributed by atoms with Crippen LogP contribution in [0.5, 0.6) is 0 Å². The standard InChI is InChI=1S/C19H25FN2O3/c1-15-5-2-3-6-16(15)13-17(23)22-8-4-7-19(20,14-22)18(24)21-9-11-25-12-10-21/h2-3,5-6H,4,7-14H2,1H3. The molecule has 2 fully saturated rings. The summed E-state index contributed by atoms with van der Waals surface area (Å²) in [6.07, 6.45) is 0.928. The van der Waals surface area contributed by atoms with Gasteiger partial charge in [0, 0.05) is 19.6 Å². The molecule has 1 unspecified atom stereocenters. The van der Waals surface area contributed by atoms with Crippen LogP contribution < -0.4 is 0 Å². The molecule has 1 atom stereocenters. The van der Waals surface area contributed by atoms with Crippen LogP contribution in [0.15, 0.2) is 24.3 Å². The van der Waals surface area contributed by atoms with Crippen LogP contribution in [0.4, 0.5) is 4.39 Å². The molecule has 0 aromatic heterocycles. The first-order valence-corrected chi connectivity index (χ1v) is 8.88. The van der Waals surface area contributed by atoms with Crippen molar-refractivity contribution in [3.05, 3.63) is 35.4 Å². The molecule has 6 heteroatoms. The predicted molar refractivity (Wildman–Crippen MR) is 91.9 cm³/mol. The van der Waals surface area contributed by atoms with Crippen molar-refractivity contribution >= 4 is 11.8 Å². The quantitative estimate of drug-likeness (QED) is 0.836. The van der Waals surface area contributed by atoms with Gasteiger partial charge in [-0.1, -0.05) is 24.3 Å². The van der Waals surface area contributed by atoms with E-state index in [1.54, 1.807) is 0 Å². The highest BCUT2D eigenvalue weighted by molar-refractivity contribution is 5.87. The van der Waals surface area contributed by atoms with Crippen molar-refractivity contribution in [1.82, 2.24) is 9.80 Å². The van der Waals surface area contributed by atoms with Crippen molar-refractivity contribution < 1.29 is 18.7 Å². The number of nitrogens with zero attached hydrogens (tertiary/aromatic N) is 2. The van der Waals surface area contributed by atoms with E-state index in [9.17, 15) is 9.59 Å². The van der Waals surface area contributed by atoms with E-state index in [1.807, 2.05) is 31.2 Å². The lowest BCUT2D eigenvalue weighted by atomic mass is 9.92. The normalized spacial score (nSPS) is 24.2. The van der Waals surface area contributed by atoms with E-state index in [0.29, 0.717) is 39.3 Å². The van der Waals surface area contributed by atoms with Crippen LogP contribution in [0.1, 0.15) is 24.0 Å². The van der Waals surface area contributed by atoms with E-state index in [1.165, 1.54) is 9.80 Å².